The highest BCUT2D eigenvalue weighted by Crippen LogP contribution is 2.48. The molecular formula is C17H21NO5S. The van der Waals surface area contributed by atoms with E-state index in [0.717, 1.165) is 25.7 Å². The molecule has 2 saturated carbocycles. The molecule has 0 unspecified atom stereocenters. The van der Waals surface area contributed by atoms with E-state index in [-0.39, 0.29) is 16.7 Å². The van der Waals surface area contributed by atoms with Gasteiger partial charge in [0.25, 0.3) is 10.0 Å². The summed E-state index contributed by atoms with van der Waals surface area (Å²) >= 11 is 0. The van der Waals surface area contributed by atoms with E-state index < -0.39 is 10.0 Å². The molecule has 1 N–H and O–H groups in total. The van der Waals surface area contributed by atoms with E-state index in [1.54, 1.807) is 6.07 Å². The van der Waals surface area contributed by atoms with Crippen molar-refractivity contribution >= 4 is 15.9 Å². The van der Waals surface area contributed by atoms with Gasteiger partial charge in [-0.05, 0) is 43.2 Å². The Morgan fingerprint density at radius 1 is 1.08 bits per heavy atom. The third-order valence-corrected chi connectivity index (χ3v) is 6.68. The fourth-order valence-corrected chi connectivity index (χ4v) is 5.19. The molecule has 130 valence electrons. The molecule has 2 bridgehead atoms. The van der Waals surface area contributed by atoms with Gasteiger partial charge in [0.1, 0.15) is 0 Å². The first-order chi connectivity index (χ1) is 11.5. The smallest absolute Gasteiger partial charge is 0.264 e. The molecule has 3 aliphatic rings. The summed E-state index contributed by atoms with van der Waals surface area (Å²) in [5.41, 5.74) is 0. The van der Waals surface area contributed by atoms with Crippen LogP contribution < -0.4 is 14.2 Å². The first-order valence-corrected chi connectivity index (χ1v) is 9.97. The molecule has 3 atom stereocenters. The Morgan fingerprint density at radius 3 is 2.58 bits per heavy atom. The van der Waals surface area contributed by atoms with Crippen LogP contribution in [0.15, 0.2) is 23.1 Å². The van der Waals surface area contributed by atoms with E-state index in [1.807, 2.05) is 0 Å². The molecule has 1 aliphatic heterocycles. The molecule has 0 radical (unpaired) electrons. The summed E-state index contributed by atoms with van der Waals surface area (Å²) in [5, 5.41) is 0. The van der Waals surface area contributed by atoms with E-state index in [4.69, 9.17) is 9.47 Å². The highest BCUT2D eigenvalue weighted by Gasteiger charge is 2.44. The van der Waals surface area contributed by atoms with Crippen molar-refractivity contribution in [1.29, 1.82) is 0 Å². The first-order valence-electron chi connectivity index (χ1n) is 8.49. The highest BCUT2D eigenvalue weighted by atomic mass is 32.2. The molecule has 1 heterocycles. The Morgan fingerprint density at radius 2 is 1.88 bits per heavy atom. The summed E-state index contributed by atoms with van der Waals surface area (Å²) in [6, 6.07) is 4.46. The van der Waals surface area contributed by atoms with Crippen LogP contribution in [0.25, 0.3) is 0 Å². The van der Waals surface area contributed by atoms with Gasteiger partial charge in [0.05, 0.1) is 18.1 Å². The number of rotatable bonds is 3. The molecule has 0 aromatic heterocycles. The zero-order valence-corrected chi connectivity index (χ0v) is 14.2. The van der Waals surface area contributed by atoms with Gasteiger partial charge >= 0.3 is 0 Å². The third-order valence-electron chi connectivity index (χ3n) is 5.34. The maximum absolute atomic E-state index is 12.5. The lowest BCUT2D eigenvalue weighted by Crippen LogP contribution is -2.37. The van der Waals surface area contributed by atoms with E-state index >= 15 is 0 Å². The molecule has 0 spiro atoms. The van der Waals surface area contributed by atoms with E-state index in [9.17, 15) is 13.2 Å². The molecule has 2 aliphatic carbocycles. The average Bonchev–Trinajstić information content (AvgIpc) is 3.10. The minimum Gasteiger partial charge on any atom is -0.490 e. The number of sulfonamides is 1. The van der Waals surface area contributed by atoms with Crippen LogP contribution in [0.3, 0.4) is 0 Å². The fraction of sp³-hybridized carbons (Fsp3) is 0.588. The average molecular weight is 351 g/mol. The predicted molar refractivity (Wildman–Crippen MR) is 86.3 cm³/mol. The SMILES string of the molecule is O=C(NS(=O)(=O)c1ccc2c(c1)OCCCO2)[C@@H]1C[C@H]2CC[C@H]1C2. The van der Waals surface area contributed by atoms with Gasteiger partial charge < -0.3 is 9.47 Å². The Labute approximate surface area is 141 Å². The van der Waals surface area contributed by atoms with Crippen molar-refractivity contribution in [3.05, 3.63) is 18.2 Å². The van der Waals surface area contributed by atoms with Crippen LogP contribution >= 0.6 is 0 Å². The normalized spacial score (nSPS) is 28.4. The number of nitrogens with one attached hydrogen (secondary N) is 1. The van der Waals surface area contributed by atoms with Gasteiger partial charge in [0.2, 0.25) is 5.91 Å². The van der Waals surface area contributed by atoms with Crippen LogP contribution in [0.5, 0.6) is 11.5 Å². The lowest BCUT2D eigenvalue weighted by atomic mass is 9.88. The summed E-state index contributed by atoms with van der Waals surface area (Å²) in [7, 11) is -3.89. The minimum absolute atomic E-state index is 0.0308. The highest BCUT2D eigenvalue weighted by molar-refractivity contribution is 7.90. The first kappa shape index (κ1) is 15.7. The minimum atomic E-state index is -3.89. The second kappa shape index (κ2) is 5.95. The summed E-state index contributed by atoms with van der Waals surface area (Å²) in [5.74, 6) is 1.34. The van der Waals surface area contributed by atoms with E-state index in [0.29, 0.717) is 36.5 Å². The van der Waals surface area contributed by atoms with E-state index in [2.05, 4.69) is 4.72 Å². The van der Waals surface area contributed by atoms with Crippen LogP contribution in [-0.4, -0.2) is 27.5 Å². The van der Waals surface area contributed by atoms with Crippen LogP contribution in [-0.2, 0) is 14.8 Å². The summed E-state index contributed by atoms with van der Waals surface area (Å²) < 4.78 is 38.4. The Bertz CT molecular complexity index is 760. The van der Waals surface area contributed by atoms with Gasteiger partial charge in [-0.3, -0.25) is 4.79 Å². The van der Waals surface area contributed by atoms with Gasteiger partial charge in [-0.25, -0.2) is 13.1 Å². The zero-order valence-electron chi connectivity index (χ0n) is 13.4. The van der Waals surface area contributed by atoms with Gasteiger partial charge in [0.15, 0.2) is 11.5 Å². The molecule has 24 heavy (non-hydrogen) atoms. The lowest BCUT2D eigenvalue weighted by molar-refractivity contribution is -0.124. The van der Waals surface area contributed by atoms with Gasteiger partial charge in [-0.2, -0.15) is 0 Å². The fourth-order valence-electron chi connectivity index (χ4n) is 4.14. The second-order valence-electron chi connectivity index (χ2n) is 6.91. The molecule has 1 aromatic rings. The molecule has 1 amide bonds. The van der Waals surface area contributed by atoms with Crippen molar-refractivity contribution < 1.29 is 22.7 Å². The molecule has 6 nitrogen and oxygen atoms in total. The zero-order chi connectivity index (χ0) is 16.7. The van der Waals surface area contributed by atoms with Crippen LogP contribution in [0.2, 0.25) is 0 Å². The van der Waals surface area contributed by atoms with Gasteiger partial charge in [-0.15, -0.1) is 0 Å². The number of ether oxygens (including phenoxy) is 2. The quantitative estimate of drug-likeness (QED) is 0.902. The standard InChI is InChI=1S/C17H21NO5S/c19-17(14-9-11-2-3-12(14)8-11)18-24(20,21)13-4-5-15-16(10-13)23-7-1-6-22-15/h4-5,10-12,14H,1-3,6-9H2,(H,18,19)/t11-,12-,14+/m0/s1. The number of fused-ring (bicyclic) bond motifs is 3. The monoisotopic (exact) mass is 351 g/mol. The predicted octanol–water partition coefficient (Wildman–Crippen LogP) is 2.09. The molecule has 4 rings (SSSR count). The topological polar surface area (TPSA) is 81.7 Å². The van der Waals surface area contributed by atoms with Gasteiger partial charge in [0, 0.05) is 18.4 Å². The number of benzene rings is 1. The van der Waals surface area contributed by atoms with Crippen LogP contribution in [0, 0.1) is 17.8 Å². The lowest BCUT2D eigenvalue weighted by Gasteiger charge is -2.20. The molecule has 1 aromatic carbocycles. The molecular weight excluding hydrogens is 330 g/mol. The van der Waals surface area contributed by atoms with Crippen LogP contribution in [0.4, 0.5) is 0 Å². The number of hydrogen-bond donors (Lipinski definition) is 1. The third kappa shape index (κ3) is 2.85. The Kier molecular flexibility index (Phi) is 3.90. The summed E-state index contributed by atoms with van der Waals surface area (Å²) in [6.45, 7) is 1.02. The Balaban J connectivity index is 1.52. The van der Waals surface area contributed by atoms with Crippen molar-refractivity contribution in [2.24, 2.45) is 17.8 Å². The summed E-state index contributed by atoms with van der Waals surface area (Å²) in [6.07, 6.45) is 4.82. The largest absolute Gasteiger partial charge is 0.490 e. The number of carbonyl (C=O) groups is 1. The molecule has 7 heteroatoms. The number of amides is 1. The van der Waals surface area contributed by atoms with Crippen molar-refractivity contribution in [2.45, 2.75) is 37.0 Å². The maximum Gasteiger partial charge on any atom is 0.264 e. The maximum atomic E-state index is 12.5. The second-order valence-corrected chi connectivity index (χ2v) is 8.59. The van der Waals surface area contributed by atoms with Crippen molar-refractivity contribution in [1.82, 2.24) is 4.72 Å². The van der Waals surface area contributed by atoms with Crippen LogP contribution in [0.1, 0.15) is 32.1 Å². The molecule has 0 saturated heterocycles. The number of hydrogen-bond acceptors (Lipinski definition) is 5. The van der Waals surface area contributed by atoms with Crippen molar-refractivity contribution in [3.63, 3.8) is 0 Å². The van der Waals surface area contributed by atoms with Crippen molar-refractivity contribution in [3.8, 4) is 11.5 Å². The van der Waals surface area contributed by atoms with Crippen molar-refractivity contribution in [2.75, 3.05) is 13.2 Å². The summed E-state index contributed by atoms with van der Waals surface area (Å²) in [4.78, 5) is 12.5. The van der Waals surface area contributed by atoms with Gasteiger partial charge in [-0.1, -0.05) is 6.42 Å². The van der Waals surface area contributed by atoms with E-state index in [1.165, 1.54) is 18.6 Å². The molecule has 2 fully saturated rings. The number of carbonyl (C=O) groups excluding carboxylic acids is 1. The Hall–Kier alpha value is -1.76.